The van der Waals surface area contributed by atoms with Crippen molar-refractivity contribution in [3.05, 3.63) is 42.5 Å². The van der Waals surface area contributed by atoms with Crippen LogP contribution in [0.25, 0.3) is 10.9 Å². The maximum Gasteiger partial charge on any atom is 0.323 e. The fourth-order valence-electron chi connectivity index (χ4n) is 2.92. The monoisotopic (exact) mass is 326 g/mol. The zero-order valence-electron chi connectivity index (χ0n) is 13.3. The number of hydrogen-bond acceptors (Lipinski definition) is 4. The number of pyridine rings is 1. The minimum Gasteiger partial charge on any atom is -0.368 e. The first-order valence-corrected chi connectivity index (χ1v) is 7.79. The lowest BCUT2D eigenvalue weighted by atomic mass is 10.2. The first kappa shape index (κ1) is 14.7. The molecular weight excluding hydrogens is 308 g/mol. The third-order valence-electron chi connectivity index (χ3n) is 4.22. The fraction of sp³-hybridized carbons (Fsp3) is 0.312. The van der Waals surface area contributed by atoms with Gasteiger partial charge in [-0.1, -0.05) is 0 Å². The van der Waals surface area contributed by atoms with Gasteiger partial charge in [-0.2, -0.15) is 5.10 Å². The molecule has 1 aliphatic rings. The highest BCUT2D eigenvalue weighted by atomic mass is 16.5. The van der Waals surface area contributed by atoms with Crippen LogP contribution in [0.4, 0.5) is 10.6 Å². The molecule has 0 bridgehead atoms. The van der Waals surface area contributed by atoms with Crippen LogP contribution in [0.5, 0.6) is 0 Å². The standard InChI is InChI=1S/C16H18N6O2/c1-21-13(3-5-19-21)14-10-22(6-7-24-14)16(23)20-15-8-11-2-4-17-12(11)9-18-15/h2-5,8-9,14,17H,6-7,10H2,1H3,(H,18,20,23). The minimum absolute atomic E-state index is 0.169. The quantitative estimate of drug-likeness (QED) is 0.753. The van der Waals surface area contributed by atoms with Crippen LogP contribution in [0.1, 0.15) is 11.8 Å². The molecule has 1 aliphatic heterocycles. The van der Waals surface area contributed by atoms with Crippen molar-refractivity contribution in [2.45, 2.75) is 6.10 Å². The number of nitrogens with one attached hydrogen (secondary N) is 2. The van der Waals surface area contributed by atoms with E-state index < -0.39 is 0 Å². The molecule has 0 spiro atoms. The number of H-pyrrole nitrogens is 1. The number of hydrogen-bond donors (Lipinski definition) is 2. The number of morpholine rings is 1. The third-order valence-corrected chi connectivity index (χ3v) is 4.22. The highest BCUT2D eigenvalue weighted by Gasteiger charge is 2.27. The van der Waals surface area contributed by atoms with Crippen LogP contribution in [-0.4, -0.2) is 50.4 Å². The number of carbonyl (C=O) groups is 1. The SMILES string of the molecule is Cn1nccc1C1CN(C(=O)Nc2cc3cc[nH]c3cn2)CCO1. The lowest BCUT2D eigenvalue weighted by Crippen LogP contribution is -2.44. The number of aryl methyl sites for hydroxylation is 1. The molecule has 3 aromatic heterocycles. The Balaban J connectivity index is 1.46. The Bertz CT molecular complexity index is 870. The highest BCUT2D eigenvalue weighted by Crippen LogP contribution is 2.22. The van der Waals surface area contributed by atoms with Crippen LogP contribution in [0, 0.1) is 0 Å². The normalized spacial score (nSPS) is 18.0. The van der Waals surface area contributed by atoms with E-state index in [1.807, 2.05) is 31.4 Å². The van der Waals surface area contributed by atoms with Gasteiger partial charge in [0.25, 0.3) is 0 Å². The molecule has 8 nitrogen and oxygen atoms in total. The van der Waals surface area contributed by atoms with Crippen LogP contribution < -0.4 is 5.32 Å². The molecule has 1 saturated heterocycles. The molecule has 3 aromatic rings. The van der Waals surface area contributed by atoms with E-state index in [0.717, 1.165) is 16.6 Å². The predicted octanol–water partition coefficient (Wildman–Crippen LogP) is 1.90. The number of anilines is 1. The molecule has 1 fully saturated rings. The molecule has 124 valence electrons. The maximum absolute atomic E-state index is 12.5. The number of rotatable bonds is 2. The second-order valence-electron chi connectivity index (χ2n) is 5.75. The number of ether oxygens (including phenoxy) is 1. The second-order valence-corrected chi connectivity index (χ2v) is 5.75. The van der Waals surface area contributed by atoms with Gasteiger partial charge in [-0.05, 0) is 18.2 Å². The van der Waals surface area contributed by atoms with E-state index in [4.69, 9.17) is 4.74 Å². The lowest BCUT2D eigenvalue weighted by molar-refractivity contribution is -0.0175. The highest BCUT2D eigenvalue weighted by molar-refractivity contribution is 5.91. The first-order valence-electron chi connectivity index (χ1n) is 7.79. The Morgan fingerprint density at radius 3 is 3.21 bits per heavy atom. The maximum atomic E-state index is 12.5. The average molecular weight is 326 g/mol. The molecular formula is C16H18N6O2. The zero-order valence-corrected chi connectivity index (χ0v) is 13.3. The summed E-state index contributed by atoms with van der Waals surface area (Å²) >= 11 is 0. The van der Waals surface area contributed by atoms with Gasteiger partial charge in [-0.25, -0.2) is 9.78 Å². The molecule has 0 aromatic carbocycles. The van der Waals surface area contributed by atoms with Crippen LogP contribution in [-0.2, 0) is 11.8 Å². The van der Waals surface area contributed by atoms with E-state index in [1.54, 1.807) is 22.0 Å². The van der Waals surface area contributed by atoms with E-state index in [0.29, 0.717) is 25.5 Å². The molecule has 1 atom stereocenters. The van der Waals surface area contributed by atoms with E-state index in [1.165, 1.54) is 0 Å². The third kappa shape index (κ3) is 2.71. The van der Waals surface area contributed by atoms with Crippen LogP contribution in [0.2, 0.25) is 0 Å². The Morgan fingerprint density at radius 2 is 2.38 bits per heavy atom. The van der Waals surface area contributed by atoms with E-state index >= 15 is 0 Å². The van der Waals surface area contributed by atoms with Gasteiger partial charge in [-0.15, -0.1) is 0 Å². The van der Waals surface area contributed by atoms with E-state index in [-0.39, 0.29) is 12.1 Å². The average Bonchev–Trinajstić information content (AvgIpc) is 3.23. The zero-order chi connectivity index (χ0) is 16.5. The summed E-state index contributed by atoms with van der Waals surface area (Å²) in [6, 6.07) is 5.53. The number of fused-ring (bicyclic) bond motifs is 1. The summed E-state index contributed by atoms with van der Waals surface area (Å²) in [5.74, 6) is 0.538. The molecule has 4 heterocycles. The summed E-state index contributed by atoms with van der Waals surface area (Å²) in [7, 11) is 1.87. The first-order chi connectivity index (χ1) is 11.7. The van der Waals surface area contributed by atoms with Crippen LogP contribution in [0.15, 0.2) is 36.8 Å². The minimum atomic E-state index is -0.173. The molecule has 2 N–H and O–H groups in total. The van der Waals surface area contributed by atoms with Crippen molar-refractivity contribution in [3.63, 3.8) is 0 Å². The topological polar surface area (TPSA) is 88.1 Å². The van der Waals surface area contributed by atoms with Gasteiger partial charge < -0.3 is 14.6 Å². The van der Waals surface area contributed by atoms with Gasteiger partial charge in [0.1, 0.15) is 11.9 Å². The van der Waals surface area contributed by atoms with Gasteiger partial charge in [0, 0.05) is 31.4 Å². The number of aromatic amines is 1. The van der Waals surface area contributed by atoms with Crippen molar-refractivity contribution >= 4 is 22.8 Å². The lowest BCUT2D eigenvalue weighted by Gasteiger charge is -2.32. The molecule has 24 heavy (non-hydrogen) atoms. The van der Waals surface area contributed by atoms with Crippen LogP contribution in [0.3, 0.4) is 0 Å². The van der Waals surface area contributed by atoms with E-state index in [2.05, 4.69) is 20.4 Å². The number of aromatic nitrogens is 4. The Hall–Kier alpha value is -2.87. The number of urea groups is 1. The largest absolute Gasteiger partial charge is 0.368 e. The van der Waals surface area contributed by atoms with Crippen molar-refractivity contribution in [1.29, 1.82) is 0 Å². The summed E-state index contributed by atoms with van der Waals surface area (Å²) < 4.78 is 7.55. The Kier molecular flexibility index (Phi) is 3.66. The van der Waals surface area contributed by atoms with Crippen molar-refractivity contribution in [3.8, 4) is 0 Å². The number of amides is 2. The molecule has 8 heteroatoms. The smallest absolute Gasteiger partial charge is 0.323 e. The summed E-state index contributed by atoms with van der Waals surface area (Å²) in [5, 5.41) is 8.03. The van der Waals surface area contributed by atoms with Crippen LogP contribution >= 0.6 is 0 Å². The number of carbonyl (C=O) groups excluding carboxylic acids is 1. The molecule has 0 saturated carbocycles. The second kappa shape index (κ2) is 5.97. The molecule has 0 radical (unpaired) electrons. The van der Waals surface area contributed by atoms with Gasteiger partial charge in [0.05, 0.1) is 30.6 Å². The Morgan fingerprint density at radius 1 is 1.46 bits per heavy atom. The summed E-state index contributed by atoms with van der Waals surface area (Å²) in [4.78, 5) is 21.6. The predicted molar refractivity (Wildman–Crippen MR) is 88.6 cm³/mol. The van der Waals surface area contributed by atoms with Gasteiger partial charge in [-0.3, -0.25) is 10.00 Å². The summed E-state index contributed by atoms with van der Waals surface area (Å²) in [6.07, 6.45) is 5.12. The summed E-state index contributed by atoms with van der Waals surface area (Å²) in [5.41, 5.74) is 1.90. The van der Waals surface area contributed by atoms with Gasteiger partial charge >= 0.3 is 6.03 Å². The van der Waals surface area contributed by atoms with Crippen molar-refractivity contribution < 1.29 is 9.53 Å². The molecule has 2 amide bonds. The fourth-order valence-corrected chi connectivity index (χ4v) is 2.92. The van der Waals surface area contributed by atoms with E-state index in [9.17, 15) is 4.79 Å². The Labute approximate surface area is 138 Å². The van der Waals surface area contributed by atoms with Gasteiger partial charge in [0.2, 0.25) is 0 Å². The van der Waals surface area contributed by atoms with Crippen molar-refractivity contribution in [1.82, 2.24) is 24.6 Å². The van der Waals surface area contributed by atoms with Crippen molar-refractivity contribution in [2.75, 3.05) is 25.0 Å². The van der Waals surface area contributed by atoms with Gasteiger partial charge in [0.15, 0.2) is 0 Å². The molecule has 0 aliphatic carbocycles. The molecule has 4 rings (SSSR count). The number of nitrogens with zero attached hydrogens (tertiary/aromatic N) is 4. The molecule has 1 unspecified atom stereocenters. The summed E-state index contributed by atoms with van der Waals surface area (Å²) in [6.45, 7) is 1.53. The van der Waals surface area contributed by atoms with Crippen molar-refractivity contribution in [2.24, 2.45) is 7.05 Å².